The number of benzene rings is 2. The first-order valence-electron chi connectivity index (χ1n) is 10.3. The molecule has 0 saturated carbocycles. The monoisotopic (exact) mass is 446 g/mol. The fourth-order valence-corrected chi connectivity index (χ4v) is 3.61. The molecule has 0 spiro atoms. The van der Waals surface area contributed by atoms with Gasteiger partial charge in [0.2, 0.25) is 18.2 Å². The predicted octanol–water partition coefficient (Wildman–Crippen LogP) is 3.54. The van der Waals surface area contributed by atoms with Crippen LogP contribution in [0.2, 0.25) is 0 Å². The van der Waals surface area contributed by atoms with E-state index in [1.807, 2.05) is 36.9 Å². The zero-order valence-corrected chi connectivity index (χ0v) is 17.9. The van der Waals surface area contributed by atoms with Crippen LogP contribution in [0.3, 0.4) is 0 Å². The van der Waals surface area contributed by atoms with Gasteiger partial charge in [0.05, 0.1) is 18.8 Å². The third kappa shape index (κ3) is 4.64. The third-order valence-electron chi connectivity index (χ3n) is 5.50. The molecular weight excluding hydrogens is 421 g/mol. The van der Waals surface area contributed by atoms with Gasteiger partial charge in [-0.2, -0.15) is 18.2 Å². The highest BCUT2D eigenvalue weighted by Gasteiger charge is 2.34. The highest BCUT2D eigenvalue weighted by Crippen LogP contribution is 2.32. The molecule has 4 rings (SSSR count). The van der Waals surface area contributed by atoms with E-state index < -0.39 is 18.0 Å². The van der Waals surface area contributed by atoms with Gasteiger partial charge < -0.3 is 20.7 Å². The maximum atomic E-state index is 13.1. The second kappa shape index (κ2) is 8.70. The van der Waals surface area contributed by atoms with Crippen molar-refractivity contribution < 1.29 is 17.9 Å². The molecule has 1 fully saturated rings. The lowest BCUT2D eigenvalue weighted by Gasteiger charge is -2.41. The minimum absolute atomic E-state index is 0.0935. The highest BCUT2D eigenvalue weighted by molar-refractivity contribution is 6.06. The Hall–Kier alpha value is -3.27. The van der Waals surface area contributed by atoms with Gasteiger partial charge in [-0.05, 0) is 61.4 Å². The van der Waals surface area contributed by atoms with Crippen LogP contribution in [-0.2, 0) is 10.9 Å². The van der Waals surface area contributed by atoms with Crippen molar-refractivity contribution in [3.8, 4) is 0 Å². The van der Waals surface area contributed by atoms with Crippen molar-refractivity contribution in [1.82, 2.24) is 4.90 Å². The van der Waals surface area contributed by atoms with Crippen LogP contribution < -0.4 is 16.0 Å². The Kier molecular flexibility index (Phi) is 5.96. The number of hydrogen-bond acceptors (Lipinski definition) is 7. The number of anilines is 2. The Morgan fingerprint density at radius 1 is 1.03 bits per heavy atom. The van der Waals surface area contributed by atoms with Crippen LogP contribution in [0.25, 0.3) is 0 Å². The third-order valence-corrected chi connectivity index (χ3v) is 5.50. The normalized spacial score (nSPS) is 19.5. The number of nitrogens with one attached hydrogen (secondary N) is 1. The highest BCUT2D eigenvalue weighted by atomic mass is 19.4. The van der Waals surface area contributed by atoms with Crippen molar-refractivity contribution in [3.63, 3.8) is 0 Å². The summed E-state index contributed by atoms with van der Waals surface area (Å²) < 4.78 is 44.8. The Morgan fingerprint density at radius 2 is 1.72 bits per heavy atom. The lowest BCUT2D eigenvalue weighted by Crippen LogP contribution is -2.57. The first kappa shape index (κ1) is 21.9. The molecule has 7 nitrogen and oxygen atoms in total. The molecule has 170 valence electrons. The van der Waals surface area contributed by atoms with Crippen molar-refractivity contribution >= 4 is 23.3 Å². The van der Waals surface area contributed by atoms with Crippen molar-refractivity contribution in [2.75, 3.05) is 36.5 Å². The SMILES string of the molecule is Cc1ccc(NC2N=C(N)N=C(N3CCOCC3)N2c2ccc(C(F)(F)F)cc2)cc1C. The van der Waals surface area contributed by atoms with Gasteiger partial charge in [-0.3, -0.25) is 4.90 Å². The first-order valence-corrected chi connectivity index (χ1v) is 10.3. The number of aryl methyl sites for hydroxylation is 2. The van der Waals surface area contributed by atoms with E-state index >= 15 is 0 Å². The molecule has 0 amide bonds. The number of hydrogen-bond donors (Lipinski definition) is 2. The molecule has 2 aliphatic heterocycles. The minimum Gasteiger partial charge on any atom is -0.378 e. The second-order valence-electron chi connectivity index (χ2n) is 7.73. The summed E-state index contributed by atoms with van der Waals surface area (Å²) in [7, 11) is 0. The molecule has 2 aromatic carbocycles. The summed E-state index contributed by atoms with van der Waals surface area (Å²) >= 11 is 0. The van der Waals surface area contributed by atoms with Crippen molar-refractivity contribution in [2.24, 2.45) is 15.7 Å². The molecule has 10 heteroatoms. The number of halogens is 3. The van der Waals surface area contributed by atoms with Gasteiger partial charge in [0, 0.05) is 24.5 Å². The van der Waals surface area contributed by atoms with Gasteiger partial charge in [-0.15, -0.1) is 0 Å². The lowest BCUT2D eigenvalue weighted by atomic mass is 10.1. The standard InChI is InChI=1S/C22H25F3N6O/c1-14-3-6-17(13-15(14)2)27-20-28-19(26)29-21(30-9-11-32-12-10-30)31(20)18-7-4-16(5-8-18)22(23,24)25/h3-8,13,20,27H,9-12H2,1-2H3,(H2,26,28). The number of rotatable bonds is 3. The maximum absolute atomic E-state index is 13.1. The average molecular weight is 446 g/mol. The van der Waals surface area contributed by atoms with E-state index in [0.717, 1.165) is 28.9 Å². The summed E-state index contributed by atoms with van der Waals surface area (Å²) in [6.45, 7) is 6.23. The predicted molar refractivity (Wildman–Crippen MR) is 119 cm³/mol. The van der Waals surface area contributed by atoms with Gasteiger partial charge in [0.15, 0.2) is 0 Å². The number of guanidine groups is 2. The number of ether oxygens (including phenoxy) is 1. The number of nitrogens with two attached hydrogens (primary N) is 1. The quantitative estimate of drug-likeness (QED) is 0.754. The van der Waals surface area contributed by atoms with E-state index in [1.54, 1.807) is 4.90 Å². The number of morpholine rings is 1. The maximum Gasteiger partial charge on any atom is 0.416 e. The summed E-state index contributed by atoms with van der Waals surface area (Å²) in [4.78, 5) is 12.6. The molecule has 0 bridgehead atoms. The van der Waals surface area contributed by atoms with Crippen LogP contribution in [0.5, 0.6) is 0 Å². The van der Waals surface area contributed by atoms with Gasteiger partial charge in [0.25, 0.3) is 0 Å². The van der Waals surface area contributed by atoms with Crippen molar-refractivity contribution in [2.45, 2.75) is 26.3 Å². The molecule has 0 aromatic heterocycles. The zero-order valence-electron chi connectivity index (χ0n) is 17.9. The average Bonchev–Trinajstić information content (AvgIpc) is 2.76. The van der Waals surface area contributed by atoms with Crippen molar-refractivity contribution in [1.29, 1.82) is 0 Å². The lowest BCUT2D eigenvalue weighted by molar-refractivity contribution is -0.137. The summed E-state index contributed by atoms with van der Waals surface area (Å²) in [5, 5.41) is 3.34. The van der Waals surface area contributed by atoms with Gasteiger partial charge in [0.1, 0.15) is 0 Å². The Morgan fingerprint density at radius 3 is 2.34 bits per heavy atom. The van der Waals surface area contributed by atoms with Crippen molar-refractivity contribution in [3.05, 3.63) is 59.2 Å². The molecule has 2 aliphatic rings. The van der Waals surface area contributed by atoms with Gasteiger partial charge in [-0.1, -0.05) is 6.07 Å². The van der Waals surface area contributed by atoms with Crippen LogP contribution in [0.15, 0.2) is 52.4 Å². The van der Waals surface area contributed by atoms with Crippen LogP contribution >= 0.6 is 0 Å². The smallest absolute Gasteiger partial charge is 0.378 e. The fourth-order valence-electron chi connectivity index (χ4n) is 3.61. The molecule has 1 saturated heterocycles. The van der Waals surface area contributed by atoms with E-state index in [0.29, 0.717) is 38.0 Å². The molecule has 1 atom stereocenters. The first-order chi connectivity index (χ1) is 15.2. The molecule has 3 N–H and O–H groups in total. The summed E-state index contributed by atoms with van der Waals surface area (Å²) in [6, 6.07) is 10.9. The van der Waals surface area contributed by atoms with E-state index in [4.69, 9.17) is 10.5 Å². The van der Waals surface area contributed by atoms with E-state index in [1.165, 1.54) is 12.1 Å². The Balaban J connectivity index is 1.72. The van der Waals surface area contributed by atoms with Crippen LogP contribution in [0, 0.1) is 13.8 Å². The van der Waals surface area contributed by atoms with Gasteiger partial charge in [-0.25, -0.2) is 4.99 Å². The second-order valence-corrected chi connectivity index (χ2v) is 7.73. The largest absolute Gasteiger partial charge is 0.416 e. The van der Waals surface area contributed by atoms with Crippen LogP contribution in [0.1, 0.15) is 16.7 Å². The van der Waals surface area contributed by atoms with E-state index in [9.17, 15) is 13.2 Å². The Bertz CT molecular complexity index is 1030. The molecule has 2 aromatic rings. The van der Waals surface area contributed by atoms with Gasteiger partial charge >= 0.3 is 6.18 Å². The molecule has 0 radical (unpaired) electrons. The van der Waals surface area contributed by atoms with E-state index in [2.05, 4.69) is 15.3 Å². The molecule has 0 aliphatic carbocycles. The minimum atomic E-state index is -4.42. The Labute approximate surface area is 184 Å². The topological polar surface area (TPSA) is 78.5 Å². The van der Waals surface area contributed by atoms with Crippen LogP contribution in [-0.4, -0.2) is 49.4 Å². The zero-order chi connectivity index (χ0) is 22.9. The van der Waals surface area contributed by atoms with Crippen LogP contribution in [0.4, 0.5) is 24.5 Å². The number of nitrogens with zero attached hydrogens (tertiary/aromatic N) is 4. The summed E-state index contributed by atoms with van der Waals surface area (Å²) in [6.07, 6.45) is -5.11. The summed E-state index contributed by atoms with van der Waals surface area (Å²) in [5.41, 5.74) is 8.91. The summed E-state index contributed by atoms with van der Waals surface area (Å²) in [5.74, 6) is 0.609. The molecule has 32 heavy (non-hydrogen) atoms. The molecule has 1 unspecified atom stereocenters. The molecular formula is C22H25F3N6O. The number of aliphatic imine (C=N–C) groups is 2. The fraction of sp³-hybridized carbons (Fsp3) is 0.364. The number of alkyl halides is 3. The van der Waals surface area contributed by atoms with E-state index in [-0.39, 0.29) is 5.96 Å². The molecule has 2 heterocycles.